The standard InChI is InChI=1S/C18H26N2/c1-7-13(12-20-6)14-9-15(17(19)8-2)11-16(10-14)18(3,4)5/h7,9-12,17H,1,6,8,19H2,2-5H3/b13-12+. The molecule has 0 fully saturated rings. The fourth-order valence-electron chi connectivity index (χ4n) is 2.04. The van der Waals surface area contributed by atoms with Gasteiger partial charge in [-0.2, -0.15) is 0 Å². The van der Waals surface area contributed by atoms with E-state index in [0.717, 1.165) is 23.1 Å². The highest BCUT2D eigenvalue weighted by atomic mass is 14.6. The van der Waals surface area contributed by atoms with Crippen LogP contribution >= 0.6 is 0 Å². The van der Waals surface area contributed by atoms with Crippen LogP contribution in [0.3, 0.4) is 0 Å². The van der Waals surface area contributed by atoms with Gasteiger partial charge in [0.25, 0.3) is 0 Å². The summed E-state index contributed by atoms with van der Waals surface area (Å²) in [6, 6.07) is 6.57. The van der Waals surface area contributed by atoms with Crippen molar-refractivity contribution >= 4 is 12.3 Å². The van der Waals surface area contributed by atoms with Crippen LogP contribution in [0.1, 0.15) is 56.8 Å². The molecule has 0 bridgehead atoms. The van der Waals surface area contributed by atoms with Crippen molar-refractivity contribution in [1.82, 2.24) is 0 Å². The quantitative estimate of drug-likeness (QED) is 0.615. The first kappa shape index (κ1) is 16.4. The first-order valence-electron chi connectivity index (χ1n) is 7.03. The average Bonchev–Trinajstić information content (AvgIpc) is 2.42. The molecule has 1 aromatic carbocycles. The molecule has 2 heteroatoms. The molecule has 0 heterocycles. The van der Waals surface area contributed by atoms with Gasteiger partial charge in [-0.15, -0.1) is 0 Å². The average molecular weight is 270 g/mol. The van der Waals surface area contributed by atoms with Gasteiger partial charge in [0, 0.05) is 12.2 Å². The summed E-state index contributed by atoms with van der Waals surface area (Å²) in [5, 5.41) is 0. The zero-order valence-corrected chi connectivity index (χ0v) is 13.1. The van der Waals surface area contributed by atoms with Crippen LogP contribution in [0, 0.1) is 0 Å². The summed E-state index contributed by atoms with van der Waals surface area (Å²) in [5.41, 5.74) is 10.8. The molecule has 2 nitrogen and oxygen atoms in total. The predicted octanol–water partition coefficient (Wildman–Crippen LogP) is 4.62. The van der Waals surface area contributed by atoms with Crippen LogP contribution in [-0.4, -0.2) is 6.72 Å². The van der Waals surface area contributed by atoms with E-state index in [1.165, 1.54) is 5.56 Å². The molecule has 1 unspecified atom stereocenters. The molecule has 0 aliphatic carbocycles. The topological polar surface area (TPSA) is 38.4 Å². The fraction of sp³-hybridized carbons (Fsp3) is 0.389. The summed E-state index contributed by atoms with van der Waals surface area (Å²) in [5.74, 6) is 0. The molecule has 0 radical (unpaired) electrons. The molecule has 1 atom stereocenters. The van der Waals surface area contributed by atoms with E-state index in [-0.39, 0.29) is 11.5 Å². The number of hydrogen-bond donors (Lipinski definition) is 1. The van der Waals surface area contributed by atoms with E-state index in [0.29, 0.717) is 0 Å². The van der Waals surface area contributed by atoms with Crippen molar-refractivity contribution < 1.29 is 0 Å². The maximum absolute atomic E-state index is 6.21. The monoisotopic (exact) mass is 270 g/mol. The van der Waals surface area contributed by atoms with Crippen molar-refractivity contribution in [3.05, 3.63) is 53.7 Å². The fourth-order valence-corrected chi connectivity index (χ4v) is 2.04. The van der Waals surface area contributed by atoms with Gasteiger partial charge in [0.2, 0.25) is 0 Å². The van der Waals surface area contributed by atoms with E-state index >= 15 is 0 Å². The maximum Gasteiger partial charge on any atom is 0.0338 e. The second-order valence-electron chi connectivity index (χ2n) is 6.08. The Morgan fingerprint density at radius 3 is 2.45 bits per heavy atom. The van der Waals surface area contributed by atoms with Crippen LogP contribution in [0.25, 0.3) is 5.57 Å². The van der Waals surface area contributed by atoms with Gasteiger partial charge in [-0.1, -0.05) is 52.5 Å². The molecule has 0 saturated heterocycles. The van der Waals surface area contributed by atoms with Crippen LogP contribution in [-0.2, 0) is 5.41 Å². The van der Waals surface area contributed by atoms with E-state index in [2.05, 4.69) is 64.2 Å². The Hall–Kier alpha value is -1.67. The van der Waals surface area contributed by atoms with Gasteiger partial charge in [-0.05, 0) is 46.9 Å². The van der Waals surface area contributed by atoms with Crippen molar-refractivity contribution in [2.24, 2.45) is 10.7 Å². The Kier molecular flexibility index (Phi) is 5.46. The summed E-state index contributed by atoms with van der Waals surface area (Å²) < 4.78 is 0. The Bertz CT molecular complexity index is 519. The van der Waals surface area contributed by atoms with Crippen molar-refractivity contribution in [3.8, 4) is 0 Å². The Morgan fingerprint density at radius 2 is 2.00 bits per heavy atom. The van der Waals surface area contributed by atoms with E-state index in [4.69, 9.17) is 5.73 Å². The van der Waals surface area contributed by atoms with Crippen molar-refractivity contribution in [1.29, 1.82) is 0 Å². The van der Waals surface area contributed by atoms with E-state index in [1.54, 1.807) is 12.3 Å². The number of aliphatic imine (C=N–C) groups is 1. The minimum Gasteiger partial charge on any atom is -0.324 e. The molecule has 0 saturated carbocycles. The van der Waals surface area contributed by atoms with E-state index < -0.39 is 0 Å². The second-order valence-corrected chi connectivity index (χ2v) is 6.08. The molecule has 0 spiro atoms. The van der Waals surface area contributed by atoms with Crippen LogP contribution in [0.5, 0.6) is 0 Å². The molecule has 0 aliphatic rings. The van der Waals surface area contributed by atoms with Gasteiger partial charge in [-0.25, -0.2) is 0 Å². The molecule has 0 aromatic heterocycles. The largest absolute Gasteiger partial charge is 0.324 e. The van der Waals surface area contributed by atoms with Crippen LogP contribution in [0.4, 0.5) is 0 Å². The second kappa shape index (κ2) is 6.67. The molecule has 20 heavy (non-hydrogen) atoms. The highest BCUT2D eigenvalue weighted by Gasteiger charge is 2.17. The van der Waals surface area contributed by atoms with Gasteiger partial charge in [-0.3, -0.25) is 4.99 Å². The van der Waals surface area contributed by atoms with Crippen molar-refractivity contribution in [2.45, 2.75) is 45.6 Å². The number of nitrogens with zero attached hydrogens (tertiary/aromatic N) is 1. The Balaban J connectivity index is 3.48. The lowest BCUT2D eigenvalue weighted by molar-refractivity contribution is 0.586. The van der Waals surface area contributed by atoms with Gasteiger partial charge < -0.3 is 5.73 Å². The third kappa shape index (κ3) is 3.91. The Labute approximate surface area is 123 Å². The highest BCUT2D eigenvalue weighted by Crippen LogP contribution is 2.30. The number of benzene rings is 1. The third-order valence-corrected chi connectivity index (χ3v) is 3.47. The van der Waals surface area contributed by atoms with E-state index in [9.17, 15) is 0 Å². The van der Waals surface area contributed by atoms with Gasteiger partial charge in [0.05, 0.1) is 0 Å². The zero-order valence-electron chi connectivity index (χ0n) is 13.1. The summed E-state index contributed by atoms with van der Waals surface area (Å²) in [6.07, 6.45) is 4.45. The van der Waals surface area contributed by atoms with Gasteiger partial charge in [0.15, 0.2) is 0 Å². The molecular formula is C18H26N2. The highest BCUT2D eigenvalue weighted by molar-refractivity contribution is 5.74. The van der Waals surface area contributed by atoms with Gasteiger partial charge in [0.1, 0.15) is 0 Å². The van der Waals surface area contributed by atoms with Crippen LogP contribution < -0.4 is 5.73 Å². The van der Waals surface area contributed by atoms with Gasteiger partial charge >= 0.3 is 0 Å². The number of rotatable bonds is 5. The molecule has 1 rings (SSSR count). The summed E-state index contributed by atoms with van der Waals surface area (Å²) in [4.78, 5) is 3.86. The molecule has 1 aromatic rings. The predicted molar refractivity (Wildman–Crippen MR) is 90.1 cm³/mol. The number of hydrogen-bond acceptors (Lipinski definition) is 2. The normalized spacial score (nSPS) is 13.9. The summed E-state index contributed by atoms with van der Waals surface area (Å²) in [6.45, 7) is 16.1. The van der Waals surface area contributed by atoms with Crippen LogP contribution in [0.2, 0.25) is 0 Å². The molecule has 0 aliphatic heterocycles. The smallest absolute Gasteiger partial charge is 0.0338 e. The summed E-state index contributed by atoms with van der Waals surface area (Å²) in [7, 11) is 0. The zero-order chi connectivity index (χ0) is 15.3. The van der Waals surface area contributed by atoms with Crippen molar-refractivity contribution in [2.75, 3.05) is 0 Å². The first-order chi connectivity index (χ1) is 9.33. The maximum atomic E-state index is 6.21. The van der Waals surface area contributed by atoms with E-state index in [1.807, 2.05) is 0 Å². The van der Waals surface area contributed by atoms with Crippen LogP contribution in [0.15, 0.2) is 42.0 Å². The van der Waals surface area contributed by atoms with Crippen molar-refractivity contribution in [3.63, 3.8) is 0 Å². The summed E-state index contributed by atoms with van der Waals surface area (Å²) >= 11 is 0. The minimum absolute atomic E-state index is 0.0544. The lowest BCUT2D eigenvalue weighted by Crippen LogP contribution is -2.15. The first-order valence-corrected chi connectivity index (χ1v) is 7.03. The third-order valence-electron chi connectivity index (χ3n) is 3.47. The molecule has 2 N–H and O–H groups in total. The minimum atomic E-state index is 0.0544. The number of nitrogens with two attached hydrogens (primary N) is 1. The lowest BCUT2D eigenvalue weighted by Gasteiger charge is -2.23. The number of allylic oxidation sites excluding steroid dienone is 2. The Morgan fingerprint density at radius 1 is 1.35 bits per heavy atom. The SMILES string of the molecule is C=C/C(=C\N=C)c1cc(C(N)CC)cc(C(C)(C)C)c1. The molecule has 108 valence electrons. The lowest BCUT2D eigenvalue weighted by atomic mass is 9.83. The molecular weight excluding hydrogens is 244 g/mol. The molecule has 0 amide bonds.